The van der Waals surface area contributed by atoms with Crippen LogP contribution in [0.15, 0.2) is 41.3 Å². The topological polar surface area (TPSA) is 60.2 Å². The Morgan fingerprint density at radius 1 is 0.950 bits per heavy atom. The Bertz CT molecular complexity index is 760. The largest absolute Gasteiger partial charge is 0.399 e. The average Bonchev–Trinajstić information content (AvgIpc) is 2.35. The van der Waals surface area contributed by atoms with E-state index in [1.54, 1.807) is 0 Å². The summed E-state index contributed by atoms with van der Waals surface area (Å²) in [4.78, 5) is -0.797. The molecule has 106 valence electrons. The van der Waals surface area contributed by atoms with Crippen molar-refractivity contribution in [2.75, 3.05) is 5.73 Å². The van der Waals surface area contributed by atoms with E-state index in [4.69, 9.17) is 5.73 Å². The molecule has 3 nitrogen and oxygen atoms in total. The lowest BCUT2D eigenvalue weighted by Crippen LogP contribution is -2.09. The SMILES string of the molecule is Nc1ccc(CS(=O)(=O)c2cc(F)ccc2F)c(F)c1. The third-order valence-electron chi connectivity index (χ3n) is 2.65. The lowest BCUT2D eigenvalue weighted by Gasteiger charge is -2.07. The number of rotatable bonds is 3. The van der Waals surface area contributed by atoms with Crippen molar-refractivity contribution < 1.29 is 21.6 Å². The number of halogens is 3. The summed E-state index contributed by atoms with van der Waals surface area (Å²) in [5.41, 5.74) is 5.32. The van der Waals surface area contributed by atoms with Gasteiger partial charge in [0.25, 0.3) is 0 Å². The van der Waals surface area contributed by atoms with Crippen LogP contribution in [0.1, 0.15) is 5.56 Å². The summed E-state index contributed by atoms with van der Waals surface area (Å²) in [5.74, 6) is -3.56. The third-order valence-corrected chi connectivity index (χ3v) is 4.32. The fraction of sp³-hybridized carbons (Fsp3) is 0.0769. The number of nitrogens with two attached hydrogens (primary N) is 1. The molecule has 20 heavy (non-hydrogen) atoms. The van der Waals surface area contributed by atoms with E-state index in [1.165, 1.54) is 12.1 Å². The minimum atomic E-state index is -4.20. The molecule has 0 bridgehead atoms. The van der Waals surface area contributed by atoms with E-state index in [2.05, 4.69) is 0 Å². The van der Waals surface area contributed by atoms with Gasteiger partial charge in [0.2, 0.25) is 0 Å². The molecule has 0 aliphatic rings. The van der Waals surface area contributed by atoms with Crippen molar-refractivity contribution >= 4 is 15.5 Å². The van der Waals surface area contributed by atoms with Crippen molar-refractivity contribution in [3.05, 3.63) is 59.4 Å². The molecule has 0 atom stereocenters. The van der Waals surface area contributed by atoms with Gasteiger partial charge in [-0.15, -0.1) is 0 Å². The summed E-state index contributed by atoms with van der Waals surface area (Å²) in [6.45, 7) is 0. The monoisotopic (exact) mass is 301 g/mol. The zero-order chi connectivity index (χ0) is 14.9. The smallest absolute Gasteiger partial charge is 0.185 e. The highest BCUT2D eigenvalue weighted by molar-refractivity contribution is 7.90. The van der Waals surface area contributed by atoms with E-state index >= 15 is 0 Å². The second-order valence-electron chi connectivity index (χ2n) is 4.18. The van der Waals surface area contributed by atoms with Crippen LogP contribution in [0.3, 0.4) is 0 Å². The number of sulfone groups is 1. The van der Waals surface area contributed by atoms with Crippen molar-refractivity contribution in [2.45, 2.75) is 10.6 Å². The normalized spacial score (nSPS) is 11.6. The highest BCUT2D eigenvalue weighted by Gasteiger charge is 2.22. The molecular formula is C13H10F3NO2S. The zero-order valence-electron chi connectivity index (χ0n) is 10.1. The Morgan fingerprint density at radius 3 is 2.30 bits per heavy atom. The van der Waals surface area contributed by atoms with Crippen LogP contribution in [-0.4, -0.2) is 8.42 Å². The molecule has 0 spiro atoms. The molecule has 0 saturated heterocycles. The number of nitrogen functional groups attached to an aromatic ring is 1. The molecule has 0 fully saturated rings. The van der Waals surface area contributed by atoms with Gasteiger partial charge in [0.15, 0.2) is 9.84 Å². The predicted molar refractivity (Wildman–Crippen MR) is 68.1 cm³/mol. The molecule has 2 N–H and O–H groups in total. The van der Waals surface area contributed by atoms with Gasteiger partial charge in [0.1, 0.15) is 22.3 Å². The second-order valence-corrected chi connectivity index (χ2v) is 6.14. The van der Waals surface area contributed by atoms with Gasteiger partial charge in [0.05, 0.1) is 5.75 Å². The van der Waals surface area contributed by atoms with Gasteiger partial charge < -0.3 is 5.73 Å². The predicted octanol–water partition coefficient (Wildman–Crippen LogP) is 2.66. The first-order chi connectivity index (χ1) is 9.29. The molecule has 0 amide bonds. The van der Waals surface area contributed by atoms with Crippen LogP contribution in [0, 0.1) is 17.5 Å². The zero-order valence-corrected chi connectivity index (χ0v) is 10.9. The average molecular weight is 301 g/mol. The van der Waals surface area contributed by atoms with Crippen molar-refractivity contribution in [1.29, 1.82) is 0 Å². The Labute approximate surface area is 113 Å². The van der Waals surface area contributed by atoms with E-state index in [0.29, 0.717) is 12.1 Å². The number of hydrogen-bond acceptors (Lipinski definition) is 3. The molecule has 2 aromatic carbocycles. The summed E-state index contributed by atoms with van der Waals surface area (Å²) in [5, 5.41) is 0. The second kappa shape index (κ2) is 5.16. The quantitative estimate of drug-likeness (QED) is 0.887. The van der Waals surface area contributed by atoms with Gasteiger partial charge in [-0.1, -0.05) is 6.07 Å². The van der Waals surface area contributed by atoms with E-state index in [1.807, 2.05) is 0 Å². The molecule has 7 heteroatoms. The fourth-order valence-electron chi connectivity index (χ4n) is 1.68. The van der Waals surface area contributed by atoms with Gasteiger partial charge >= 0.3 is 0 Å². The molecule has 2 aromatic rings. The molecule has 0 aliphatic carbocycles. The Balaban J connectivity index is 2.43. The third kappa shape index (κ3) is 2.93. The first kappa shape index (κ1) is 14.4. The summed E-state index contributed by atoms with van der Waals surface area (Å²) in [6.07, 6.45) is 0. The van der Waals surface area contributed by atoms with Crippen LogP contribution in [0.4, 0.5) is 18.9 Å². The van der Waals surface area contributed by atoms with Crippen molar-refractivity contribution in [1.82, 2.24) is 0 Å². The van der Waals surface area contributed by atoms with Gasteiger partial charge in [-0.05, 0) is 30.3 Å². The van der Waals surface area contributed by atoms with Crippen molar-refractivity contribution in [3.63, 3.8) is 0 Å². The van der Waals surface area contributed by atoms with Crippen LogP contribution < -0.4 is 5.73 Å². The first-order valence-electron chi connectivity index (χ1n) is 5.51. The number of benzene rings is 2. The van der Waals surface area contributed by atoms with E-state index in [0.717, 1.165) is 12.1 Å². The number of hydrogen-bond donors (Lipinski definition) is 1. The van der Waals surface area contributed by atoms with Crippen LogP contribution >= 0.6 is 0 Å². The summed E-state index contributed by atoms with van der Waals surface area (Å²) in [6, 6.07) is 5.57. The molecule has 0 unspecified atom stereocenters. The lowest BCUT2D eigenvalue weighted by molar-refractivity contribution is 0.551. The van der Waals surface area contributed by atoms with Crippen LogP contribution in [0.5, 0.6) is 0 Å². The van der Waals surface area contributed by atoms with Gasteiger partial charge in [-0.3, -0.25) is 0 Å². The summed E-state index contributed by atoms with van der Waals surface area (Å²) in [7, 11) is -4.20. The van der Waals surface area contributed by atoms with Crippen molar-refractivity contribution in [3.8, 4) is 0 Å². The molecule has 0 heterocycles. The maximum absolute atomic E-state index is 13.6. The summed E-state index contributed by atoms with van der Waals surface area (Å²) < 4.78 is 64.1. The highest BCUT2D eigenvalue weighted by atomic mass is 32.2. The van der Waals surface area contributed by atoms with E-state index in [-0.39, 0.29) is 11.3 Å². The maximum Gasteiger partial charge on any atom is 0.185 e. The molecule has 0 aliphatic heterocycles. The van der Waals surface area contributed by atoms with Crippen LogP contribution in [-0.2, 0) is 15.6 Å². The fourth-order valence-corrected chi connectivity index (χ4v) is 3.13. The Morgan fingerprint density at radius 2 is 1.65 bits per heavy atom. The van der Waals surface area contributed by atoms with Gasteiger partial charge in [-0.25, -0.2) is 21.6 Å². The molecule has 0 saturated carbocycles. The molecule has 2 rings (SSSR count). The maximum atomic E-state index is 13.6. The molecule has 0 aromatic heterocycles. The van der Waals surface area contributed by atoms with E-state index in [9.17, 15) is 21.6 Å². The Kier molecular flexibility index (Phi) is 3.71. The standard InChI is InChI=1S/C13H10F3NO2S/c14-9-2-4-11(15)13(5-9)20(18,19)7-8-1-3-10(17)6-12(8)16/h1-6H,7,17H2. The molecular weight excluding hydrogens is 291 g/mol. The lowest BCUT2D eigenvalue weighted by atomic mass is 10.2. The Hall–Kier alpha value is -2.02. The van der Waals surface area contributed by atoms with Crippen molar-refractivity contribution in [2.24, 2.45) is 0 Å². The number of anilines is 1. The molecule has 0 radical (unpaired) electrons. The van der Waals surface area contributed by atoms with Crippen LogP contribution in [0.25, 0.3) is 0 Å². The minimum absolute atomic E-state index is 0.139. The first-order valence-corrected chi connectivity index (χ1v) is 7.16. The van der Waals surface area contributed by atoms with Gasteiger partial charge in [0, 0.05) is 11.3 Å². The summed E-state index contributed by atoms with van der Waals surface area (Å²) >= 11 is 0. The highest BCUT2D eigenvalue weighted by Crippen LogP contribution is 2.22. The van der Waals surface area contributed by atoms with E-state index < -0.39 is 37.9 Å². The van der Waals surface area contributed by atoms with Crippen LogP contribution in [0.2, 0.25) is 0 Å². The van der Waals surface area contributed by atoms with Gasteiger partial charge in [-0.2, -0.15) is 0 Å². The minimum Gasteiger partial charge on any atom is -0.399 e.